The maximum absolute atomic E-state index is 12.4. The molecule has 0 amide bonds. The summed E-state index contributed by atoms with van der Waals surface area (Å²) < 4.78 is 0.832. The fraction of sp³-hybridized carbons (Fsp3) is 0.188. The van der Waals surface area contributed by atoms with Crippen molar-refractivity contribution in [3.63, 3.8) is 0 Å². The highest BCUT2D eigenvalue weighted by Gasteiger charge is 2.13. The third kappa shape index (κ3) is 3.11. The number of carbonyl (C=O) groups is 1. The van der Waals surface area contributed by atoms with Gasteiger partial charge in [-0.2, -0.15) is 0 Å². The van der Waals surface area contributed by atoms with Crippen LogP contribution in [0.3, 0.4) is 0 Å². The molecule has 0 heterocycles. The number of ketones is 1. The summed E-state index contributed by atoms with van der Waals surface area (Å²) in [4.78, 5) is 12.4. The van der Waals surface area contributed by atoms with Crippen molar-refractivity contribution in [3.8, 4) is 0 Å². The average Bonchev–Trinajstić information content (AvgIpc) is 2.46. The molecule has 0 bridgehead atoms. The highest BCUT2D eigenvalue weighted by Crippen LogP contribution is 2.20. The van der Waals surface area contributed by atoms with E-state index >= 15 is 0 Å². The molecule has 0 saturated carbocycles. The van der Waals surface area contributed by atoms with Crippen LogP contribution in [0.15, 0.2) is 46.9 Å². The second kappa shape index (κ2) is 6.13. The molecular weight excluding hydrogens is 304 g/mol. The van der Waals surface area contributed by atoms with Crippen LogP contribution in [0, 0.1) is 0 Å². The predicted molar refractivity (Wildman–Crippen MR) is 79.3 cm³/mol. The molecular formula is C16H15BrO2. The molecule has 2 aromatic rings. The summed E-state index contributed by atoms with van der Waals surface area (Å²) in [5, 5.41) is 9.32. The van der Waals surface area contributed by atoms with Gasteiger partial charge in [0.05, 0.1) is 6.61 Å². The number of hydrogen-bond donors (Lipinski definition) is 1. The fourth-order valence-corrected chi connectivity index (χ4v) is 2.31. The zero-order valence-electron chi connectivity index (χ0n) is 10.7. The minimum absolute atomic E-state index is 0.0620. The first-order valence-electron chi connectivity index (χ1n) is 6.18. The second-order valence-electron chi connectivity index (χ2n) is 4.34. The van der Waals surface area contributed by atoms with Crippen molar-refractivity contribution in [3.05, 3.63) is 69.2 Å². The number of carbonyl (C=O) groups excluding carboxylic acids is 1. The Labute approximate surface area is 121 Å². The lowest BCUT2D eigenvalue weighted by Gasteiger charge is -2.08. The van der Waals surface area contributed by atoms with E-state index in [9.17, 15) is 9.90 Å². The van der Waals surface area contributed by atoms with E-state index < -0.39 is 0 Å². The molecule has 0 radical (unpaired) electrons. The Morgan fingerprint density at radius 3 is 2.42 bits per heavy atom. The van der Waals surface area contributed by atoms with Crippen molar-refractivity contribution >= 4 is 21.7 Å². The van der Waals surface area contributed by atoms with Crippen molar-refractivity contribution in [2.45, 2.75) is 20.0 Å². The van der Waals surface area contributed by atoms with Crippen LogP contribution < -0.4 is 0 Å². The summed E-state index contributed by atoms with van der Waals surface area (Å²) >= 11 is 3.36. The predicted octanol–water partition coefficient (Wildman–Crippen LogP) is 3.73. The highest BCUT2D eigenvalue weighted by molar-refractivity contribution is 9.10. The normalized spacial score (nSPS) is 10.5. The molecule has 2 nitrogen and oxygen atoms in total. The average molecular weight is 319 g/mol. The van der Waals surface area contributed by atoms with Crippen LogP contribution in [0.25, 0.3) is 0 Å². The van der Waals surface area contributed by atoms with E-state index in [2.05, 4.69) is 22.9 Å². The summed E-state index contributed by atoms with van der Waals surface area (Å²) in [6.45, 7) is 1.94. The number of aliphatic hydroxyl groups is 1. The highest BCUT2D eigenvalue weighted by atomic mass is 79.9. The van der Waals surface area contributed by atoms with Gasteiger partial charge in [0, 0.05) is 15.6 Å². The third-order valence-electron chi connectivity index (χ3n) is 3.11. The van der Waals surface area contributed by atoms with E-state index in [1.54, 1.807) is 12.1 Å². The van der Waals surface area contributed by atoms with Crippen LogP contribution in [0.2, 0.25) is 0 Å². The minimum Gasteiger partial charge on any atom is -0.392 e. The number of aryl methyl sites for hydroxylation is 1. The summed E-state index contributed by atoms with van der Waals surface area (Å²) in [6, 6.07) is 12.9. The van der Waals surface area contributed by atoms with Crippen LogP contribution >= 0.6 is 15.9 Å². The molecule has 1 N–H and O–H groups in total. The maximum atomic E-state index is 12.4. The summed E-state index contributed by atoms with van der Waals surface area (Å²) in [5.41, 5.74) is 3.03. The van der Waals surface area contributed by atoms with Crippen LogP contribution in [0.1, 0.15) is 34.0 Å². The van der Waals surface area contributed by atoms with Gasteiger partial charge in [0.2, 0.25) is 0 Å². The molecule has 0 unspecified atom stereocenters. The van der Waals surface area contributed by atoms with Gasteiger partial charge in [-0.05, 0) is 29.7 Å². The van der Waals surface area contributed by atoms with E-state index in [1.165, 1.54) is 5.56 Å². The number of aliphatic hydroxyl groups excluding tert-OH is 1. The summed E-state index contributed by atoms with van der Waals surface area (Å²) in [6.07, 6.45) is 0.952. The molecule has 0 fully saturated rings. The fourth-order valence-electron chi connectivity index (χ4n) is 1.95. The number of benzene rings is 2. The molecule has 2 aromatic carbocycles. The van der Waals surface area contributed by atoms with Gasteiger partial charge in [0.25, 0.3) is 0 Å². The Bertz CT molecular complexity index is 588. The Morgan fingerprint density at radius 1 is 1.16 bits per heavy atom. The number of rotatable bonds is 4. The molecule has 98 valence electrons. The third-order valence-corrected chi connectivity index (χ3v) is 3.60. The first kappa shape index (κ1) is 14.0. The molecule has 0 spiro atoms. The van der Waals surface area contributed by atoms with E-state index in [1.807, 2.05) is 30.3 Å². The zero-order chi connectivity index (χ0) is 13.8. The van der Waals surface area contributed by atoms with Gasteiger partial charge in [-0.3, -0.25) is 4.79 Å². The van der Waals surface area contributed by atoms with Crippen molar-refractivity contribution in [2.24, 2.45) is 0 Å². The topological polar surface area (TPSA) is 37.3 Å². The van der Waals surface area contributed by atoms with Crippen molar-refractivity contribution < 1.29 is 9.90 Å². The van der Waals surface area contributed by atoms with Crippen LogP contribution in [-0.2, 0) is 13.0 Å². The Balaban J connectivity index is 2.40. The number of halogens is 1. The quantitative estimate of drug-likeness (QED) is 0.872. The van der Waals surface area contributed by atoms with Gasteiger partial charge in [0.15, 0.2) is 5.78 Å². The zero-order valence-corrected chi connectivity index (χ0v) is 12.3. The SMILES string of the molecule is CCc1ccc(C(=O)c2cc(Br)ccc2CO)cc1. The van der Waals surface area contributed by atoms with Crippen molar-refractivity contribution in [1.29, 1.82) is 0 Å². The molecule has 0 aromatic heterocycles. The first-order chi connectivity index (χ1) is 9.15. The van der Waals surface area contributed by atoms with Gasteiger partial charge in [-0.1, -0.05) is 53.2 Å². The lowest BCUT2D eigenvalue weighted by molar-refractivity contribution is 0.103. The standard InChI is InChI=1S/C16H15BrO2/c1-2-11-3-5-12(6-4-11)16(19)15-9-14(17)8-7-13(15)10-18/h3-9,18H,2,10H2,1H3. The van der Waals surface area contributed by atoms with Crippen molar-refractivity contribution in [1.82, 2.24) is 0 Å². The number of hydrogen-bond acceptors (Lipinski definition) is 2. The lowest BCUT2D eigenvalue weighted by Crippen LogP contribution is -2.05. The summed E-state index contributed by atoms with van der Waals surface area (Å²) in [7, 11) is 0. The Morgan fingerprint density at radius 2 is 1.84 bits per heavy atom. The monoisotopic (exact) mass is 318 g/mol. The molecule has 0 aliphatic heterocycles. The van der Waals surface area contributed by atoms with Crippen LogP contribution in [-0.4, -0.2) is 10.9 Å². The van der Waals surface area contributed by atoms with Crippen LogP contribution in [0.4, 0.5) is 0 Å². The molecule has 0 aliphatic carbocycles. The molecule has 3 heteroatoms. The minimum atomic E-state index is -0.138. The molecule has 2 rings (SSSR count). The van der Waals surface area contributed by atoms with Gasteiger partial charge < -0.3 is 5.11 Å². The maximum Gasteiger partial charge on any atom is 0.193 e. The smallest absolute Gasteiger partial charge is 0.193 e. The Kier molecular flexibility index (Phi) is 4.51. The van der Waals surface area contributed by atoms with Crippen LogP contribution in [0.5, 0.6) is 0 Å². The summed E-state index contributed by atoms with van der Waals surface area (Å²) in [5.74, 6) is -0.0620. The van der Waals surface area contributed by atoms with Gasteiger partial charge >= 0.3 is 0 Å². The largest absolute Gasteiger partial charge is 0.392 e. The van der Waals surface area contributed by atoms with E-state index in [0.29, 0.717) is 16.7 Å². The molecule has 0 aliphatic rings. The van der Waals surface area contributed by atoms with E-state index in [0.717, 1.165) is 10.9 Å². The lowest BCUT2D eigenvalue weighted by atomic mass is 9.98. The molecule has 19 heavy (non-hydrogen) atoms. The Hall–Kier alpha value is -1.45. The van der Waals surface area contributed by atoms with Gasteiger partial charge in [-0.25, -0.2) is 0 Å². The van der Waals surface area contributed by atoms with Crippen molar-refractivity contribution in [2.75, 3.05) is 0 Å². The molecule has 0 saturated heterocycles. The van der Waals surface area contributed by atoms with E-state index in [-0.39, 0.29) is 12.4 Å². The first-order valence-corrected chi connectivity index (χ1v) is 6.98. The molecule has 0 atom stereocenters. The van der Waals surface area contributed by atoms with E-state index in [4.69, 9.17) is 0 Å². The van der Waals surface area contributed by atoms with Gasteiger partial charge in [-0.15, -0.1) is 0 Å². The second-order valence-corrected chi connectivity index (χ2v) is 5.25. The van der Waals surface area contributed by atoms with Gasteiger partial charge in [0.1, 0.15) is 0 Å².